The Labute approximate surface area is 173 Å². The molecule has 1 aromatic heterocycles. The fourth-order valence-corrected chi connectivity index (χ4v) is 1.80. The number of aromatic nitrogens is 2. The lowest BCUT2D eigenvalue weighted by Crippen LogP contribution is -2.46. The maximum Gasteiger partial charge on any atom is 0.326 e. The number of urea groups is 1. The van der Waals surface area contributed by atoms with Gasteiger partial charge in [0.25, 0.3) is 0 Å². The van der Waals surface area contributed by atoms with Gasteiger partial charge in [-0.05, 0) is 12.8 Å². The van der Waals surface area contributed by atoms with Gasteiger partial charge in [-0.1, -0.05) is 26.7 Å². The molecule has 1 rings (SSSR count). The van der Waals surface area contributed by atoms with Crippen molar-refractivity contribution in [3.63, 3.8) is 0 Å². The van der Waals surface area contributed by atoms with E-state index in [1.165, 1.54) is 12.8 Å². The van der Waals surface area contributed by atoms with Gasteiger partial charge in [0, 0.05) is 12.8 Å². The van der Waals surface area contributed by atoms with E-state index in [-0.39, 0.29) is 37.6 Å². The molecule has 0 spiro atoms. The van der Waals surface area contributed by atoms with Gasteiger partial charge in [-0.2, -0.15) is 0 Å². The van der Waals surface area contributed by atoms with E-state index < -0.39 is 42.4 Å². The molecule has 0 fully saturated rings. The highest BCUT2D eigenvalue weighted by atomic mass is 16.4. The van der Waals surface area contributed by atoms with Crippen LogP contribution in [-0.2, 0) is 20.9 Å². The van der Waals surface area contributed by atoms with Gasteiger partial charge >= 0.3 is 18.0 Å². The quantitative estimate of drug-likeness (QED) is 0.265. The molecule has 0 aliphatic rings. The van der Waals surface area contributed by atoms with Gasteiger partial charge in [0.15, 0.2) is 0 Å². The highest BCUT2D eigenvalue weighted by Crippen LogP contribution is 2.14. The van der Waals surface area contributed by atoms with E-state index in [0.717, 1.165) is 0 Å². The van der Waals surface area contributed by atoms with Gasteiger partial charge in [0.05, 0.1) is 12.6 Å². The second-order valence-electron chi connectivity index (χ2n) is 6.30. The summed E-state index contributed by atoms with van der Waals surface area (Å²) in [5.74, 6) is -2.98. The number of nitrogens with one attached hydrogen (secondary N) is 2. The first kappa shape index (κ1) is 26.8. The third kappa shape index (κ3) is 12.3. The summed E-state index contributed by atoms with van der Waals surface area (Å²) in [5.41, 5.74) is 10.8. The van der Waals surface area contributed by atoms with Crippen LogP contribution in [0.5, 0.6) is 0 Å². The maximum atomic E-state index is 11.7. The van der Waals surface area contributed by atoms with Gasteiger partial charge in [0.2, 0.25) is 17.7 Å². The highest BCUT2D eigenvalue weighted by Gasteiger charge is 2.21. The summed E-state index contributed by atoms with van der Waals surface area (Å²) < 4.78 is 5.22. The number of rotatable bonds is 12. The number of aliphatic carboxylic acids is 2. The summed E-state index contributed by atoms with van der Waals surface area (Å²) in [5, 5.41) is 29.3. The first-order chi connectivity index (χ1) is 14.1. The molecule has 13 nitrogen and oxygen atoms in total. The molecular formula is C17H30N6O7. The molecule has 8 N–H and O–H groups in total. The second kappa shape index (κ2) is 14.7. The van der Waals surface area contributed by atoms with Crippen molar-refractivity contribution in [2.45, 2.75) is 71.0 Å². The fourth-order valence-electron chi connectivity index (χ4n) is 1.80. The molecule has 0 aliphatic heterocycles. The van der Waals surface area contributed by atoms with Gasteiger partial charge < -0.3 is 36.7 Å². The molecular weight excluding hydrogens is 400 g/mol. The van der Waals surface area contributed by atoms with Crippen LogP contribution in [0.2, 0.25) is 0 Å². The first-order valence-corrected chi connectivity index (χ1v) is 9.45. The number of carboxylic acid groups (broad SMARTS) is 2. The monoisotopic (exact) mass is 430 g/mol. The van der Waals surface area contributed by atoms with E-state index in [4.69, 9.17) is 26.1 Å². The molecule has 1 aromatic rings. The SMILES string of the molecule is CCCC.NC(=O)CCC(N)c1nnc(CNC(=O)NC(CCC(=O)O)C(=O)O)o1. The van der Waals surface area contributed by atoms with Gasteiger partial charge in [0.1, 0.15) is 6.04 Å². The number of hydrogen-bond acceptors (Lipinski definition) is 8. The molecule has 0 radical (unpaired) electrons. The lowest BCUT2D eigenvalue weighted by atomic mass is 10.1. The molecule has 0 aliphatic carbocycles. The molecule has 30 heavy (non-hydrogen) atoms. The van der Waals surface area contributed by atoms with Crippen molar-refractivity contribution in [3.05, 3.63) is 11.8 Å². The lowest BCUT2D eigenvalue weighted by molar-refractivity contribution is -0.140. The van der Waals surface area contributed by atoms with E-state index in [0.29, 0.717) is 0 Å². The lowest BCUT2D eigenvalue weighted by Gasteiger charge is -2.13. The number of carbonyl (C=O) groups excluding carboxylic acids is 2. The van der Waals surface area contributed by atoms with Crippen molar-refractivity contribution in [2.24, 2.45) is 11.5 Å². The van der Waals surface area contributed by atoms with Crippen molar-refractivity contribution in [2.75, 3.05) is 0 Å². The largest absolute Gasteiger partial charge is 0.481 e. The Morgan fingerprint density at radius 3 is 2.20 bits per heavy atom. The summed E-state index contributed by atoms with van der Waals surface area (Å²) in [7, 11) is 0. The van der Waals surface area contributed by atoms with Crippen LogP contribution in [0, 0.1) is 0 Å². The number of nitrogens with two attached hydrogens (primary N) is 2. The maximum absolute atomic E-state index is 11.7. The molecule has 1 heterocycles. The number of carbonyl (C=O) groups is 4. The molecule has 3 amide bonds. The fraction of sp³-hybridized carbons (Fsp3) is 0.647. The Hall–Kier alpha value is -3.22. The van der Waals surface area contributed by atoms with Crippen LogP contribution in [0.25, 0.3) is 0 Å². The van der Waals surface area contributed by atoms with Crippen LogP contribution < -0.4 is 22.1 Å². The molecule has 0 saturated heterocycles. The molecule has 0 saturated carbocycles. The van der Waals surface area contributed by atoms with Crippen LogP contribution in [0.4, 0.5) is 4.79 Å². The van der Waals surface area contributed by atoms with Crippen molar-refractivity contribution >= 4 is 23.9 Å². The average molecular weight is 430 g/mol. The van der Waals surface area contributed by atoms with E-state index >= 15 is 0 Å². The molecule has 170 valence electrons. The number of hydrogen-bond donors (Lipinski definition) is 6. The molecule has 2 atom stereocenters. The molecule has 2 unspecified atom stereocenters. The third-order valence-corrected chi connectivity index (χ3v) is 3.65. The summed E-state index contributed by atoms with van der Waals surface area (Å²) >= 11 is 0. The Kier molecular flexibility index (Phi) is 13.2. The predicted molar refractivity (Wildman–Crippen MR) is 104 cm³/mol. The summed E-state index contributed by atoms with van der Waals surface area (Å²) in [4.78, 5) is 43.9. The minimum Gasteiger partial charge on any atom is -0.481 e. The smallest absolute Gasteiger partial charge is 0.326 e. The van der Waals surface area contributed by atoms with Gasteiger partial charge in [-0.15, -0.1) is 10.2 Å². The number of unbranched alkanes of at least 4 members (excludes halogenated alkanes) is 1. The summed E-state index contributed by atoms with van der Waals surface area (Å²) in [6.45, 7) is 4.16. The average Bonchev–Trinajstić information content (AvgIpc) is 3.16. The molecule has 0 aromatic carbocycles. The Balaban J connectivity index is 0.00000192. The van der Waals surface area contributed by atoms with E-state index in [1.54, 1.807) is 0 Å². The minimum absolute atomic E-state index is 0.0158. The zero-order chi connectivity index (χ0) is 23.1. The predicted octanol–water partition coefficient (Wildman–Crippen LogP) is 0.259. The molecule has 0 bridgehead atoms. The number of nitrogens with zero attached hydrogens (tertiary/aromatic N) is 2. The van der Waals surface area contributed by atoms with E-state index in [1.807, 2.05) is 0 Å². The van der Waals surface area contributed by atoms with E-state index in [2.05, 4.69) is 34.7 Å². The summed E-state index contributed by atoms with van der Waals surface area (Å²) in [6, 6.07) is -2.89. The van der Waals surface area contributed by atoms with Crippen molar-refractivity contribution in [1.29, 1.82) is 0 Å². The van der Waals surface area contributed by atoms with Crippen molar-refractivity contribution in [1.82, 2.24) is 20.8 Å². The third-order valence-electron chi connectivity index (χ3n) is 3.65. The second-order valence-corrected chi connectivity index (χ2v) is 6.30. The Morgan fingerprint density at radius 1 is 1.07 bits per heavy atom. The number of amides is 3. The van der Waals surface area contributed by atoms with Crippen LogP contribution in [0.3, 0.4) is 0 Å². The van der Waals surface area contributed by atoms with Crippen LogP contribution in [0.15, 0.2) is 4.42 Å². The van der Waals surface area contributed by atoms with Crippen molar-refractivity contribution in [3.8, 4) is 0 Å². The van der Waals surface area contributed by atoms with Gasteiger partial charge in [-0.3, -0.25) is 9.59 Å². The number of primary amides is 1. The minimum atomic E-state index is -1.36. The zero-order valence-electron chi connectivity index (χ0n) is 17.1. The van der Waals surface area contributed by atoms with Gasteiger partial charge in [-0.25, -0.2) is 9.59 Å². The van der Waals surface area contributed by atoms with Crippen LogP contribution in [0.1, 0.15) is 70.2 Å². The number of carboxylic acids is 2. The Morgan fingerprint density at radius 2 is 1.70 bits per heavy atom. The normalized spacial score (nSPS) is 12.1. The standard InChI is InChI=1S/C13H20N6O7.C4H10/c14-6(1-3-8(15)20)11-19-18-9(26-11)5-16-13(25)17-7(12(23)24)2-4-10(21)22;1-3-4-2/h6-7H,1-5,14H2,(H2,15,20)(H,21,22)(H,23,24)(H2,16,17,25);3-4H2,1-2H3. The van der Waals surface area contributed by atoms with E-state index in [9.17, 15) is 19.2 Å². The van der Waals surface area contributed by atoms with Crippen LogP contribution >= 0.6 is 0 Å². The highest BCUT2D eigenvalue weighted by molar-refractivity contribution is 5.82. The zero-order valence-corrected chi connectivity index (χ0v) is 17.1. The summed E-state index contributed by atoms with van der Waals surface area (Å²) in [6.07, 6.45) is 2.23. The molecule has 13 heteroatoms. The first-order valence-electron chi connectivity index (χ1n) is 9.45. The topological polar surface area (TPSA) is 224 Å². The van der Waals surface area contributed by atoms with Crippen LogP contribution in [-0.4, -0.2) is 50.3 Å². The Bertz CT molecular complexity index is 692. The van der Waals surface area contributed by atoms with Crippen molar-refractivity contribution < 1.29 is 33.8 Å².